The standard InChI is InChI=1S/C13H16FN3/c1-9-12(13(2,3)4)16-17(15-9)11-7-5-10(14)6-8-11/h5-8H,1-4H3. The Balaban J connectivity index is 2.45. The first-order chi connectivity index (χ1) is 7.88. The maximum atomic E-state index is 12.8. The Hall–Kier alpha value is -1.71. The van der Waals surface area contributed by atoms with Crippen LogP contribution in [-0.2, 0) is 5.41 Å². The van der Waals surface area contributed by atoms with Crippen LogP contribution < -0.4 is 0 Å². The van der Waals surface area contributed by atoms with Crippen LogP contribution in [-0.4, -0.2) is 15.0 Å². The largest absolute Gasteiger partial charge is 0.207 e. The van der Waals surface area contributed by atoms with Crippen LogP contribution in [0, 0.1) is 12.7 Å². The van der Waals surface area contributed by atoms with Crippen LogP contribution >= 0.6 is 0 Å². The monoisotopic (exact) mass is 233 g/mol. The van der Waals surface area contributed by atoms with Crippen molar-refractivity contribution in [3.8, 4) is 5.69 Å². The Morgan fingerprint density at radius 2 is 1.65 bits per heavy atom. The molecule has 90 valence electrons. The number of halogens is 1. The summed E-state index contributed by atoms with van der Waals surface area (Å²) in [5, 5.41) is 8.82. The molecular formula is C13H16FN3. The molecule has 0 amide bonds. The van der Waals surface area contributed by atoms with Crippen molar-refractivity contribution in [3.05, 3.63) is 41.5 Å². The molecule has 3 nitrogen and oxygen atoms in total. The predicted octanol–water partition coefficient (Wildman–Crippen LogP) is 3.01. The van der Waals surface area contributed by atoms with Gasteiger partial charge in [0.2, 0.25) is 0 Å². The van der Waals surface area contributed by atoms with Crippen LogP contribution in [0.25, 0.3) is 5.69 Å². The zero-order chi connectivity index (χ0) is 12.6. The summed E-state index contributed by atoms with van der Waals surface area (Å²) in [4.78, 5) is 1.55. The van der Waals surface area contributed by atoms with Crippen molar-refractivity contribution in [1.82, 2.24) is 15.0 Å². The third-order valence-electron chi connectivity index (χ3n) is 2.55. The maximum absolute atomic E-state index is 12.8. The van der Waals surface area contributed by atoms with Crippen LogP contribution in [0.3, 0.4) is 0 Å². The second-order valence-electron chi connectivity index (χ2n) is 5.15. The summed E-state index contributed by atoms with van der Waals surface area (Å²) in [5.41, 5.74) is 2.59. The van der Waals surface area contributed by atoms with Gasteiger partial charge in [0.25, 0.3) is 0 Å². The molecule has 0 saturated heterocycles. The molecule has 0 saturated carbocycles. The molecule has 0 aliphatic carbocycles. The van der Waals surface area contributed by atoms with E-state index in [0.717, 1.165) is 17.1 Å². The first-order valence-corrected chi connectivity index (χ1v) is 5.58. The van der Waals surface area contributed by atoms with Crippen molar-refractivity contribution >= 4 is 0 Å². The van der Waals surface area contributed by atoms with Gasteiger partial charge in [0.05, 0.1) is 17.1 Å². The van der Waals surface area contributed by atoms with E-state index in [2.05, 4.69) is 31.0 Å². The average Bonchev–Trinajstić information content (AvgIpc) is 2.61. The van der Waals surface area contributed by atoms with Gasteiger partial charge < -0.3 is 0 Å². The summed E-state index contributed by atoms with van der Waals surface area (Å²) >= 11 is 0. The quantitative estimate of drug-likeness (QED) is 0.758. The van der Waals surface area contributed by atoms with Crippen molar-refractivity contribution in [2.75, 3.05) is 0 Å². The Labute approximate surface area is 100 Å². The molecule has 2 aromatic rings. The van der Waals surface area contributed by atoms with Gasteiger partial charge in [-0.25, -0.2) is 4.39 Å². The van der Waals surface area contributed by atoms with Gasteiger partial charge in [-0.1, -0.05) is 20.8 Å². The number of hydrogen-bond acceptors (Lipinski definition) is 2. The molecule has 17 heavy (non-hydrogen) atoms. The van der Waals surface area contributed by atoms with Crippen molar-refractivity contribution < 1.29 is 4.39 Å². The van der Waals surface area contributed by atoms with Gasteiger partial charge in [0.1, 0.15) is 5.82 Å². The van der Waals surface area contributed by atoms with E-state index < -0.39 is 0 Å². The SMILES string of the molecule is Cc1nn(-c2ccc(F)cc2)nc1C(C)(C)C. The van der Waals surface area contributed by atoms with Crippen molar-refractivity contribution in [1.29, 1.82) is 0 Å². The first-order valence-electron chi connectivity index (χ1n) is 5.58. The van der Waals surface area contributed by atoms with E-state index in [1.54, 1.807) is 16.9 Å². The van der Waals surface area contributed by atoms with Gasteiger partial charge in [0.15, 0.2) is 0 Å². The molecule has 0 fully saturated rings. The number of aromatic nitrogens is 3. The number of aryl methyl sites for hydroxylation is 1. The summed E-state index contributed by atoms with van der Waals surface area (Å²) in [5.74, 6) is -0.256. The molecule has 2 rings (SSSR count). The molecule has 0 N–H and O–H groups in total. The summed E-state index contributed by atoms with van der Waals surface area (Å²) < 4.78 is 12.8. The molecule has 1 aromatic heterocycles. The zero-order valence-corrected chi connectivity index (χ0v) is 10.5. The first kappa shape index (κ1) is 11.8. The Bertz CT molecular complexity index is 521. The Kier molecular flexibility index (Phi) is 2.73. The van der Waals surface area contributed by atoms with Crippen LogP contribution in [0.15, 0.2) is 24.3 Å². The number of nitrogens with zero attached hydrogens (tertiary/aromatic N) is 3. The smallest absolute Gasteiger partial charge is 0.123 e. The minimum atomic E-state index is -0.256. The highest BCUT2D eigenvalue weighted by atomic mass is 19.1. The molecular weight excluding hydrogens is 217 g/mol. The van der Waals surface area contributed by atoms with Crippen molar-refractivity contribution in [3.63, 3.8) is 0 Å². The van der Waals surface area contributed by atoms with E-state index in [0.29, 0.717) is 0 Å². The third-order valence-corrected chi connectivity index (χ3v) is 2.55. The molecule has 0 aliphatic rings. The normalized spacial score (nSPS) is 11.8. The lowest BCUT2D eigenvalue weighted by atomic mass is 9.91. The predicted molar refractivity (Wildman–Crippen MR) is 64.8 cm³/mol. The fraction of sp³-hybridized carbons (Fsp3) is 0.385. The Morgan fingerprint density at radius 3 is 2.12 bits per heavy atom. The van der Waals surface area contributed by atoms with E-state index >= 15 is 0 Å². The lowest BCUT2D eigenvalue weighted by Gasteiger charge is -2.14. The lowest BCUT2D eigenvalue weighted by Crippen LogP contribution is -2.14. The zero-order valence-electron chi connectivity index (χ0n) is 10.5. The van der Waals surface area contributed by atoms with Crippen LogP contribution in [0.5, 0.6) is 0 Å². The minimum Gasteiger partial charge on any atom is -0.207 e. The van der Waals surface area contributed by atoms with E-state index in [4.69, 9.17) is 0 Å². The summed E-state index contributed by atoms with van der Waals surface area (Å²) in [6, 6.07) is 6.15. The highest BCUT2D eigenvalue weighted by Gasteiger charge is 2.21. The van der Waals surface area contributed by atoms with Gasteiger partial charge in [-0.3, -0.25) is 0 Å². The second kappa shape index (κ2) is 3.95. The molecule has 0 unspecified atom stereocenters. The number of benzene rings is 1. The van der Waals surface area contributed by atoms with E-state index in [1.165, 1.54) is 12.1 Å². The van der Waals surface area contributed by atoms with E-state index in [1.807, 2.05) is 6.92 Å². The van der Waals surface area contributed by atoms with Gasteiger partial charge in [-0.2, -0.15) is 15.0 Å². The fourth-order valence-electron chi connectivity index (χ4n) is 1.76. The third kappa shape index (κ3) is 2.35. The summed E-state index contributed by atoms with van der Waals surface area (Å²) in [6.45, 7) is 8.23. The molecule has 4 heteroatoms. The number of rotatable bonds is 1. The molecule has 0 bridgehead atoms. The Morgan fingerprint density at radius 1 is 1.06 bits per heavy atom. The van der Waals surface area contributed by atoms with E-state index in [-0.39, 0.29) is 11.2 Å². The fourth-order valence-corrected chi connectivity index (χ4v) is 1.76. The molecule has 1 aromatic carbocycles. The highest BCUT2D eigenvalue weighted by Crippen LogP contribution is 2.23. The highest BCUT2D eigenvalue weighted by molar-refractivity contribution is 5.30. The van der Waals surface area contributed by atoms with E-state index in [9.17, 15) is 4.39 Å². The molecule has 0 atom stereocenters. The minimum absolute atomic E-state index is 0.0393. The van der Waals surface area contributed by atoms with Crippen molar-refractivity contribution in [2.24, 2.45) is 0 Å². The van der Waals surface area contributed by atoms with Gasteiger partial charge in [-0.05, 0) is 31.2 Å². The maximum Gasteiger partial charge on any atom is 0.123 e. The van der Waals surface area contributed by atoms with Gasteiger partial charge in [0, 0.05) is 5.41 Å². The van der Waals surface area contributed by atoms with Crippen LogP contribution in [0.1, 0.15) is 32.2 Å². The molecule has 1 heterocycles. The number of hydrogen-bond donors (Lipinski definition) is 0. The average molecular weight is 233 g/mol. The van der Waals surface area contributed by atoms with Crippen molar-refractivity contribution in [2.45, 2.75) is 33.1 Å². The van der Waals surface area contributed by atoms with Gasteiger partial charge in [-0.15, -0.1) is 0 Å². The molecule has 0 radical (unpaired) electrons. The lowest BCUT2D eigenvalue weighted by molar-refractivity contribution is 0.556. The summed E-state index contributed by atoms with van der Waals surface area (Å²) in [7, 11) is 0. The second-order valence-corrected chi connectivity index (χ2v) is 5.15. The topological polar surface area (TPSA) is 30.7 Å². The van der Waals surface area contributed by atoms with Crippen LogP contribution in [0.2, 0.25) is 0 Å². The molecule has 0 aliphatic heterocycles. The molecule has 0 spiro atoms. The summed E-state index contributed by atoms with van der Waals surface area (Å²) in [6.07, 6.45) is 0. The van der Waals surface area contributed by atoms with Crippen LogP contribution in [0.4, 0.5) is 4.39 Å². The van der Waals surface area contributed by atoms with Gasteiger partial charge >= 0.3 is 0 Å².